The molecule has 1 aromatic heterocycles. The molecule has 5 rings (SSSR count). The summed E-state index contributed by atoms with van der Waals surface area (Å²) < 4.78 is 71.7. The fraction of sp³-hybridized carbons (Fsp3) is 0.452. The number of anilines is 4. The number of amides is 1. The van der Waals surface area contributed by atoms with Gasteiger partial charge in [-0.2, -0.15) is 18.2 Å². The first kappa shape index (κ1) is 33.6. The van der Waals surface area contributed by atoms with Crippen LogP contribution in [0.15, 0.2) is 36.5 Å². The van der Waals surface area contributed by atoms with E-state index in [0.717, 1.165) is 37.1 Å². The molecule has 2 aromatic carbocycles. The highest BCUT2D eigenvalue weighted by Gasteiger charge is 2.37. The van der Waals surface area contributed by atoms with Gasteiger partial charge in [0.15, 0.2) is 0 Å². The first-order chi connectivity index (χ1) is 21.9. The van der Waals surface area contributed by atoms with Gasteiger partial charge in [0.25, 0.3) is 5.91 Å². The minimum atomic E-state index is -4.77. The zero-order valence-electron chi connectivity index (χ0n) is 26.2. The van der Waals surface area contributed by atoms with Crippen LogP contribution < -0.4 is 15.4 Å². The maximum absolute atomic E-state index is 14.1. The van der Waals surface area contributed by atoms with Crippen molar-refractivity contribution in [2.75, 3.05) is 51.1 Å². The molecule has 0 bridgehead atoms. The summed E-state index contributed by atoms with van der Waals surface area (Å²) in [5.41, 5.74) is 2.25. The number of halogens is 3. The van der Waals surface area contributed by atoms with E-state index in [1.54, 1.807) is 50.1 Å². The Bertz CT molecular complexity index is 1620. The number of rotatable bonds is 13. The summed E-state index contributed by atoms with van der Waals surface area (Å²) in [7, 11) is -0.286. The van der Waals surface area contributed by atoms with Crippen molar-refractivity contribution >= 4 is 36.6 Å². The summed E-state index contributed by atoms with van der Waals surface area (Å²) >= 11 is 0. The van der Waals surface area contributed by atoms with Crippen LogP contribution in [-0.2, 0) is 39.0 Å². The molecule has 0 spiro atoms. The second kappa shape index (κ2) is 14.0. The van der Waals surface area contributed by atoms with Crippen LogP contribution in [0.2, 0.25) is 0 Å². The Balaban J connectivity index is 1.45. The van der Waals surface area contributed by atoms with Crippen molar-refractivity contribution in [1.29, 1.82) is 0 Å². The Labute approximate surface area is 266 Å². The van der Waals surface area contributed by atoms with Crippen LogP contribution in [0, 0.1) is 0 Å². The van der Waals surface area contributed by atoms with Gasteiger partial charge in [0.2, 0.25) is 5.95 Å². The molecule has 2 aliphatic heterocycles. The minimum absolute atomic E-state index is 0.00518. The van der Waals surface area contributed by atoms with Crippen LogP contribution in [0.3, 0.4) is 0 Å². The number of aromatic nitrogens is 2. The highest BCUT2D eigenvalue weighted by atomic mass is 31.2. The molecule has 0 radical (unpaired) electrons. The predicted molar refractivity (Wildman–Crippen MR) is 168 cm³/mol. The van der Waals surface area contributed by atoms with Crippen LogP contribution in [0.5, 0.6) is 5.75 Å². The van der Waals surface area contributed by atoms with Crippen LogP contribution >= 0.6 is 7.60 Å². The van der Waals surface area contributed by atoms with E-state index in [-0.39, 0.29) is 36.9 Å². The molecular weight excluding hydrogens is 624 g/mol. The highest BCUT2D eigenvalue weighted by molar-refractivity contribution is 7.53. The average Bonchev–Trinajstić information content (AvgIpc) is 3.62. The minimum Gasteiger partial charge on any atom is -0.495 e. The number of nitrogens with one attached hydrogen (secondary N) is 2. The largest absolute Gasteiger partial charge is 0.495 e. The van der Waals surface area contributed by atoms with E-state index in [1.165, 1.54) is 7.11 Å². The summed E-state index contributed by atoms with van der Waals surface area (Å²) in [6, 6.07) is 8.42. The lowest BCUT2D eigenvalue weighted by Gasteiger charge is -2.20. The molecule has 15 heteroatoms. The van der Waals surface area contributed by atoms with Gasteiger partial charge in [-0.1, -0.05) is 12.1 Å². The summed E-state index contributed by atoms with van der Waals surface area (Å²) in [6.07, 6.45) is -1.84. The topological polar surface area (TPSA) is 118 Å². The van der Waals surface area contributed by atoms with Crippen molar-refractivity contribution in [2.24, 2.45) is 0 Å². The smallest absolute Gasteiger partial charge is 0.421 e. The van der Waals surface area contributed by atoms with Crippen LogP contribution in [0.25, 0.3) is 0 Å². The second-order valence-electron chi connectivity index (χ2n) is 11.1. The van der Waals surface area contributed by atoms with Crippen molar-refractivity contribution < 1.29 is 36.3 Å². The third-order valence-corrected chi connectivity index (χ3v) is 9.90. The van der Waals surface area contributed by atoms with Gasteiger partial charge in [-0.25, -0.2) is 4.98 Å². The molecule has 11 nitrogen and oxygen atoms in total. The van der Waals surface area contributed by atoms with E-state index in [4.69, 9.17) is 13.8 Å². The fourth-order valence-corrected chi connectivity index (χ4v) is 7.41. The number of carbonyl (C=O) groups excluding carboxylic acids is 1. The van der Waals surface area contributed by atoms with Crippen molar-refractivity contribution in [3.05, 3.63) is 64.3 Å². The summed E-state index contributed by atoms with van der Waals surface area (Å²) in [4.78, 5) is 25.2. The van der Waals surface area contributed by atoms with E-state index in [2.05, 4.69) is 25.5 Å². The molecule has 2 aliphatic rings. The standard InChI is InChI=1S/C31H38F3N6O5P/c1-5-44-46(42,45-6-2)19-20-9-11-24(26(15-20)43-4)37-30-35-16-23(31(32,33)34)28(38-30)36-25-12-10-21(17-40-13-7-8-14-40)22-18-39(3)29(41)27(22)25/h9-12,15-16H,5-8,13-14,17-19H2,1-4H3,(H2,35,36,37,38). The maximum atomic E-state index is 14.1. The number of benzene rings is 2. The third-order valence-electron chi connectivity index (χ3n) is 7.85. The number of hydrogen-bond acceptors (Lipinski definition) is 10. The van der Waals surface area contributed by atoms with Gasteiger partial charge in [0.1, 0.15) is 17.1 Å². The van der Waals surface area contributed by atoms with Crippen molar-refractivity contribution in [3.8, 4) is 5.75 Å². The SMILES string of the molecule is CCOP(=O)(Cc1ccc(Nc2ncc(C(F)(F)F)c(Nc3ccc(CN4CCCC4)c4c3C(=O)N(C)C4)n2)c(OC)c1)OCC. The van der Waals surface area contributed by atoms with Crippen LogP contribution in [0.4, 0.5) is 36.3 Å². The van der Waals surface area contributed by atoms with Gasteiger partial charge >= 0.3 is 13.8 Å². The molecule has 1 saturated heterocycles. The Morgan fingerprint density at radius 3 is 2.37 bits per heavy atom. The van der Waals surface area contributed by atoms with E-state index >= 15 is 0 Å². The number of ether oxygens (including phenoxy) is 1. The molecule has 0 aliphatic carbocycles. The molecule has 1 amide bonds. The number of likely N-dealkylation sites (tertiary alicyclic amines) is 1. The quantitative estimate of drug-likeness (QED) is 0.187. The van der Waals surface area contributed by atoms with Gasteiger partial charge in [0.05, 0.1) is 43.4 Å². The van der Waals surface area contributed by atoms with E-state index < -0.39 is 25.2 Å². The number of methoxy groups -OCH3 is 1. The lowest BCUT2D eigenvalue weighted by molar-refractivity contribution is -0.137. The second-order valence-corrected chi connectivity index (χ2v) is 13.2. The van der Waals surface area contributed by atoms with Crippen molar-refractivity contribution in [1.82, 2.24) is 19.8 Å². The predicted octanol–water partition coefficient (Wildman–Crippen LogP) is 6.94. The molecule has 0 atom stereocenters. The number of alkyl halides is 3. The Morgan fingerprint density at radius 2 is 1.72 bits per heavy atom. The van der Waals surface area contributed by atoms with Gasteiger partial charge in [-0.15, -0.1) is 0 Å². The first-order valence-electron chi connectivity index (χ1n) is 15.1. The summed E-state index contributed by atoms with van der Waals surface area (Å²) in [5, 5.41) is 5.72. The Morgan fingerprint density at radius 1 is 1.02 bits per heavy atom. The van der Waals surface area contributed by atoms with E-state index in [1.807, 2.05) is 6.07 Å². The molecule has 0 saturated carbocycles. The Hall–Kier alpha value is -3.71. The summed E-state index contributed by atoms with van der Waals surface area (Å²) in [5.74, 6) is -0.603. The lowest BCUT2D eigenvalue weighted by atomic mass is 10.0. The number of carbonyl (C=O) groups is 1. The normalized spacial score (nSPS) is 15.4. The van der Waals surface area contributed by atoms with Gasteiger partial charge in [-0.3, -0.25) is 14.3 Å². The first-order valence-corrected chi connectivity index (χ1v) is 16.8. The lowest BCUT2D eigenvalue weighted by Crippen LogP contribution is -2.19. The zero-order chi connectivity index (χ0) is 33.1. The Kier molecular flexibility index (Phi) is 10.2. The fourth-order valence-electron chi connectivity index (χ4n) is 5.73. The van der Waals surface area contributed by atoms with Gasteiger partial charge in [0, 0.05) is 26.3 Å². The van der Waals surface area contributed by atoms with Crippen LogP contribution in [-0.4, -0.2) is 66.1 Å². The average molecular weight is 663 g/mol. The molecular formula is C31H38F3N6O5P. The molecule has 3 aromatic rings. The molecule has 3 heterocycles. The van der Waals surface area contributed by atoms with Gasteiger partial charge < -0.3 is 29.3 Å². The van der Waals surface area contributed by atoms with Crippen molar-refractivity contribution in [2.45, 2.75) is 52.1 Å². The number of nitrogens with zero attached hydrogens (tertiary/aromatic N) is 4. The number of hydrogen-bond donors (Lipinski definition) is 2. The molecule has 2 N–H and O–H groups in total. The molecule has 0 unspecified atom stereocenters. The van der Waals surface area contributed by atoms with E-state index in [0.29, 0.717) is 41.9 Å². The third kappa shape index (κ3) is 7.46. The van der Waals surface area contributed by atoms with Gasteiger partial charge in [-0.05, 0) is 74.7 Å². The maximum Gasteiger partial charge on any atom is 0.421 e. The molecule has 248 valence electrons. The van der Waals surface area contributed by atoms with Crippen LogP contribution in [0.1, 0.15) is 59.3 Å². The molecule has 46 heavy (non-hydrogen) atoms. The molecule has 1 fully saturated rings. The zero-order valence-corrected chi connectivity index (χ0v) is 27.1. The number of fused-ring (bicyclic) bond motifs is 1. The highest BCUT2D eigenvalue weighted by Crippen LogP contribution is 2.51. The monoisotopic (exact) mass is 662 g/mol. The van der Waals surface area contributed by atoms with E-state index in [9.17, 15) is 22.5 Å². The summed E-state index contributed by atoms with van der Waals surface area (Å²) in [6.45, 7) is 6.86. The van der Waals surface area contributed by atoms with Crippen molar-refractivity contribution in [3.63, 3.8) is 0 Å².